The fraction of sp³-hybridized carbons (Fsp3) is 0.476. The first kappa shape index (κ1) is 33.9. The van der Waals surface area contributed by atoms with E-state index in [9.17, 15) is 0 Å². The molecule has 2 aromatic heterocycles. The lowest BCUT2D eigenvalue weighted by molar-refractivity contribution is 0.837. The van der Waals surface area contributed by atoms with Gasteiger partial charge in [-0.2, -0.15) is 0 Å². The van der Waals surface area contributed by atoms with E-state index < -0.39 is 16.1 Å². The molecular formula is C42H56S2Si2. The molecule has 6 rings (SSSR count). The van der Waals surface area contributed by atoms with Gasteiger partial charge in [0, 0.05) is 20.2 Å². The summed E-state index contributed by atoms with van der Waals surface area (Å²) in [6.45, 7) is 34.6. The summed E-state index contributed by atoms with van der Waals surface area (Å²) in [5.74, 6) is 0. The number of rotatable bonds is 8. The van der Waals surface area contributed by atoms with Crippen molar-refractivity contribution in [1.29, 1.82) is 0 Å². The molecule has 244 valence electrons. The Morgan fingerprint density at radius 2 is 0.630 bits per heavy atom. The molecule has 0 radical (unpaired) electrons. The average Bonchev–Trinajstić information content (AvgIpc) is 3.59. The molecule has 0 atom stereocenters. The lowest BCUT2D eigenvalue weighted by Gasteiger charge is -2.42. The second-order valence-electron chi connectivity index (χ2n) is 16.3. The molecule has 0 aliphatic heterocycles. The monoisotopic (exact) mass is 680 g/mol. The maximum absolute atomic E-state index is 2.64. The van der Waals surface area contributed by atoms with Gasteiger partial charge in [0.25, 0.3) is 0 Å². The lowest BCUT2D eigenvalue weighted by Crippen LogP contribution is -2.54. The molecule has 0 bridgehead atoms. The molecule has 0 amide bonds. The van der Waals surface area contributed by atoms with Crippen LogP contribution in [0.15, 0.2) is 48.5 Å². The number of hydrogen-bond acceptors (Lipinski definition) is 2. The summed E-state index contributed by atoms with van der Waals surface area (Å²) < 4.78 is 6.40. The van der Waals surface area contributed by atoms with Crippen molar-refractivity contribution in [2.45, 2.75) is 130 Å². The van der Waals surface area contributed by atoms with Crippen LogP contribution >= 0.6 is 22.7 Å². The molecule has 4 aromatic carbocycles. The van der Waals surface area contributed by atoms with Crippen LogP contribution in [0.5, 0.6) is 0 Å². The fourth-order valence-electron chi connectivity index (χ4n) is 10.7. The van der Waals surface area contributed by atoms with E-state index in [-0.39, 0.29) is 0 Å². The topological polar surface area (TPSA) is 0 Å². The third-order valence-electron chi connectivity index (χ3n) is 12.4. The Kier molecular flexibility index (Phi) is 8.74. The lowest BCUT2D eigenvalue weighted by atomic mass is 9.93. The van der Waals surface area contributed by atoms with Gasteiger partial charge in [0.1, 0.15) is 16.1 Å². The molecule has 0 aliphatic carbocycles. The minimum Gasteiger partial charge on any atom is -0.145 e. The van der Waals surface area contributed by atoms with Crippen molar-refractivity contribution in [3.63, 3.8) is 0 Å². The highest BCUT2D eigenvalue weighted by Crippen LogP contribution is 2.47. The summed E-state index contributed by atoms with van der Waals surface area (Å²) in [6, 6.07) is 20.1. The normalized spacial score (nSPS) is 13.7. The molecule has 0 unspecified atom stereocenters. The molecule has 46 heavy (non-hydrogen) atoms. The fourth-order valence-corrected chi connectivity index (χ4v) is 31.0. The first-order valence-corrected chi connectivity index (χ1v) is 24.0. The van der Waals surface area contributed by atoms with Crippen LogP contribution in [0, 0.1) is 13.8 Å². The molecule has 0 N–H and O–H groups in total. The van der Waals surface area contributed by atoms with Crippen LogP contribution in [-0.4, -0.2) is 16.1 Å². The smallest absolute Gasteiger partial charge is 0.107 e. The summed E-state index contributed by atoms with van der Waals surface area (Å²) in [5.41, 5.74) is 7.14. The summed E-state index contributed by atoms with van der Waals surface area (Å²) in [5, 5.41) is 11.4. The zero-order chi connectivity index (χ0) is 33.6. The van der Waals surface area contributed by atoms with Gasteiger partial charge in [-0.25, -0.2) is 0 Å². The predicted molar refractivity (Wildman–Crippen MR) is 221 cm³/mol. The molecular weight excluding hydrogens is 625 g/mol. The van der Waals surface area contributed by atoms with Gasteiger partial charge < -0.3 is 0 Å². The Morgan fingerprint density at radius 3 is 0.891 bits per heavy atom. The van der Waals surface area contributed by atoms with Crippen molar-refractivity contribution in [3.05, 3.63) is 59.7 Å². The Morgan fingerprint density at radius 1 is 0.370 bits per heavy atom. The Labute approximate surface area is 288 Å². The number of fused-ring (bicyclic) bond motifs is 9. The van der Waals surface area contributed by atoms with Gasteiger partial charge in [-0.15, -0.1) is 22.7 Å². The summed E-state index contributed by atoms with van der Waals surface area (Å²) >= 11 is 4.24. The van der Waals surface area contributed by atoms with Gasteiger partial charge >= 0.3 is 0 Å². The van der Waals surface area contributed by atoms with E-state index in [0.29, 0.717) is 33.2 Å². The van der Waals surface area contributed by atoms with Crippen LogP contribution in [0.1, 0.15) is 94.2 Å². The van der Waals surface area contributed by atoms with Gasteiger partial charge in [-0.1, -0.05) is 107 Å². The predicted octanol–water partition coefficient (Wildman–Crippen LogP) is 14.0. The van der Waals surface area contributed by atoms with Crippen molar-refractivity contribution >= 4 is 100 Å². The van der Waals surface area contributed by atoms with Gasteiger partial charge in [-0.05, 0) is 124 Å². The van der Waals surface area contributed by atoms with Crippen molar-refractivity contribution in [1.82, 2.24) is 0 Å². The van der Waals surface area contributed by atoms with Gasteiger partial charge in [-0.3, -0.25) is 0 Å². The van der Waals surface area contributed by atoms with Crippen molar-refractivity contribution in [2.75, 3.05) is 0 Å². The average molecular weight is 681 g/mol. The third kappa shape index (κ3) is 4.60. The first-order chi connectivity index (χ1) is 21.6. The molecule has 0 spiro atoms. The Bertz CT molecular complexity index is 1910. The van der Waals surface area contributed by atoms with Crippen LogP contribution in [0.4, 0.5) is 0 Å². The zero-order valence-corrected chi connectivity index (χ0v) is 34.5. The van der Waals surface area contributed by atoms with Crippen LogP contribution in [0.2, 0.25) is 33.2 Å². The maximum Gasteiger partial charge on any atom is 0.107 e. The summed E-state index contributed by atoms with van der Waals surface area (Å²) in [6.07, 6.45) is 0. The zero-order valence-electron chi connectivity index (χ0n) is 30.9. The van der Waals surface area contributed by atoms with Crippen LogP contribution in [-0.2, 0) is 0 Å². The van der Waals surface area contributed by atoms with Crippen LogP contribution in [0.25, 0.3) is 52.5 Å². The molecule has 0 fully saturated rings. The van der Waals surface area contributed by atoms with Crippen molar-refractivity contribution in [3.8, 4) is 0 Å². The number of aryl methyl sites for hydroxylation is 2. The first-order valence-electron chi connectivity index (χ1n) is 17.9. The van der Waals surface area contributed by atoms with E-state index >= 15 is 0 Å². The molecule has 6 aromatic rings. The van der Waals surface area contributed by atoms with E-state index in [1.165, 1.54) is 63.6 Å². The largest absolute Gasteiger partial charge is 0.145 e. The summed E-state index contributed by atoms with van der Waals surface area (Å²) in [4.78, 5) is 0. The van der Waals surface area contributed by atoms with Gasteiger partial charge in [0.2, 0.25) is 0 Å². The minimum atomic E-state index is -1.73. The maximum atomic E-state index is 2.64. The van der Waals surface area contributed by atoms with Gasteiger partial charge in [0.15, 0.2) is 0 Å². The number of thiophene rings is 2. The number of benzene rings is 4. The van der Waals surface area contributed by atoms with Crippen molar-refractivity contribution in [2.24, 2.45) is 0 Å². The second kappa shape index (κ2) is 11.9. The molecule has 0 saturated heterocycles. The molecule has 2 heterocycles. The van der Waals surface area contributed by atoms with Crippen molar-refractivity contribution < 1.29 is 0 Å². The molecule has 0 saturated carbocycles. The molecule has 0 nitrogen and oxygen atoms in total. The molecule has 4 heteroatoms. The molecule has 0 aliphatic rings. The van der Waals surface area contributed by atoms with E-state index in [1.807, 2.05) is 0 Å². The van der Waals surface area contributed by atoms with Crippen LogP contribution < -0.4 is 9.00 Å². The number of hydrogen-bond donors (Lipinski definition) is 0. The Balaban J connectivity index is 1.63. The second-order valence-corrected chi connectivity index (χ2v) is 30.9. The summed E-state index contributed by atoms with van der Waals surface area (Å²) in [7, 11) is -3.46. The van der Waals surface area contributed by atoms with E-state index in [4.69, 9.17) is 0 Å². The highest BCUT2D eigenvalue weighted by Gasteiger charge is 2.47. The van der Waals surface area contributed by atoms with E-state index in [0.717, 1.165) is 0 Å². The standard InChI is InChI=1S/C42H56S2Si2/c1-23(2)45(24(3)4,25(5)6)39-21-37-33-17-15-32-31(35(33)19-29(13)41(37)43-39)16-18-34-36(32)20-30(14)42-38(34)22-40(44-42)46(26(7)8,27(9)10)28(11)12/h15-28H,1-14H3. The minimum absolute atomic E-state index is 0.714. The van der Waals surface area contributed by atoms with Gasteiger partial charge in [0.05, 0.1) is 0 Å². The SMILES string of the molecule is Cc1cc2c(ccc3c4cc(C)c5sc([Si](C(C)C)(C(C)C)C(C)C)cc5c4ccc23)c2cc([Si](C(C)C)(C(C)C)C(C)C)sc12. The Hall–Kier alpha value is -1.99. The third-order valence-corrected chi connectivity index (χ3v) is 30.7. The van der Waals surface area contributed by atoms with Crippen LogP contribution in [0.3, 0.4) is 0 Å². The highest BCUT2D eigenvalue weighted by atomic mass is 32.1. The van der Waals surface area contributed by atoms with E-state index in [1.54, 1.807) is 9.00 Å². The quantitative estimate of drug-likeness (QED) is 0.111. The van der Waals surface area contributed by atoms with E-state index in [2.05, 4.69) is 168 Å². The highest BCUT2D eigenvalue weighted by molar-refractivity contribution is 7.33.